The predicted octanol–water partition coefficient (Wildman–Crippen LogP) is 3.44. The zero-order chi connectivity index (χ0) is 17.1. The molecule has 5 nitrogen and oxygen atoms in total. The Labute approximate surface area is 147 Å². The molecule has 0 spiro atoms. The molecule has 130 valence electrons. The zero-order valence-electron chi connectivity index (χ0n) is 14.6. The maximum absolute atomic E-state index is 5.79. The first-order valence-corrected chi connectivity index (χ1v) is 9.02. The third-order valence-corrected chi connectivity index (χ3v) is 4.99. The van der Waals surface area contributed by atoms with Crippen molar-refractivity contribution in [3.63, 3.8) is 0 Å². The van der Waals surface area contributed by atoms with Gasteiger partial charge in [-0.1, -0.05) is 6.07 Å². The third kappa shape index (κ3) is 3.71. The molecule has 2 aromatic rings. The van der Waals surface area contributed by atoms with Crippen molar-refractivity contribution < 1.29 is 14.2 Å². The molecule has 1 saturated heterocycles. The van der Waals surface area contributed by atoms with Crippen LogP contribution in [0.1, 0.15) is 19.5 Å². The molecule has 3 rings (SSSR count). The molecular formula is C18H24N2O3S. The predicted molar refractivity (Wildman–Crippen MR) is 95.9 cm³/mol. The van der Waals surface area contributed by atoms with Crippen molar-refractivity contribution in [2.45, 2.75) is 32.6 Å². The van der Waals surface area contributed by atoms with E-state index in [0.29, 0.717) is 0 Å². The zero-order valence-corrected chi connectivity index (χ0v) is 15.4. The van der Waals surface area contributed by atoms with Crippen LogP contribution in [0.3, 0.4) is 0 Å². The average molecular weight is 348 g/mol. The first-order chi connectivity index (χ1) is 11.6. The van der Waals surface area contributed by atoms with E-state index in [1.54, 1.807) is 25.6 Å². The highest BCUT2D eigenvalue weighted by atomic mass is 32.1. The molecular weight excluding hydrogens is 324 g/mol. The lowest BCUT2D eigenvalue weighted by Crippen LogP contribution is -2.44. The molecule has 1 aromatic carbocycles. The summed E-state index contributed by atoms with van der Waals surface area (Å²) in [5, 5.41) is 3.08. The van der Waals surface area contributed by atoms with Gasteiger partial charge in [-0.3, -0.25) is 4.90 Å². The van der Waals surface area contributed by atoms with Crippen molar-refractivity contribution in [2.75, 3.05) is 27.3 Å². The molecule has 2 heterocycles. The molecule has 0 aliphatic carbocycles. The number of rotatable bonds is 5. The summed E-state index contributed by atoms with van der Waals surface area (Å²) >= 11 is 1.64. The van der Waals surface area contributed by atoms with E-state index < -0.39 is 0 Å². The Morgan fingerprint density at radius 3 is 2.62 bits per heavy atom. The number of hydrogen-bond donors (Lipinski definition) is 0. The van der Waals surface area contributed by atoms with Gasteiger partial charge < -0.3 is 14.2 Å². The Hall–Kier alpha value is -1.63. The minimum Gasteiger partial charge on any atom is -0.493 e. The molecule has 1 aromatic heterocycles. The monoisotopic (exact) mass is 348 g/mol. The number of para-hydroxylation sites is 1. The number of hydrogen-bond acceptors (Lipinski definition) is 6. The van der Waals surface area contributed by atoms with Gasteiger partial charge in [0.05, 0.1) is 37.7 Å². The lowest BCUT2D eigenvalue weighted by Gasteiger charge is -2.34. The largest absolute Gasteiger partial charge is 0.493 e. The molecule has 0 bridgehead atoms. The average Bonchev–Trinajstić information content (AvgIpc) is 3.01. The number of methoxy groups -OCH3 is 2. The van der Waals surface area contributed by atoms with E-state index in [4.69, 9.17) is 19.2 Å². The van der Waals surface area contributed by atoms with Crippen molar-refractivity contribution >= 4 is 11.3 Å². The van der Waals surface area contributed by atoms with Crippen LogP contribution in [0.25, 0.3) is 10.6 Å². The fraction of sp³-hybridized carbons (Fsp3) is 0.500. The molecule has 2 atom stereocenters. The van der Waals surface area contributed by atoms with Crippen LogP contribution in [-0.4, -0.2) is 49.4 Å². The summed E-state index contributed by atoms with van der Waals surface area (Å²) in [6.07, 6.45) is 0.538. The lowest BCUT2D eigenvalue weighted by molar-refractivity contribution is -0.0707. The molecule has 0 N–H and O–H groups in total. The van der Waals surface area contributed by atoms with Crippen LogP contribution < -0.4 is 9.47 Å². The van der Waals surface area contributed by atoms with Crippen LogP contribution >= 0.6 is 11.3 Å². The summed E-state index contributed by atoms with van der Waals surface area (Å²) in [5.41, 5.74) is 2.05. The lowest BCUT2D eigenvalue weighted by atomic mass is 10.2. The van der Waals surface area contributed by atoms with Crippen LogP contribution in [0.5, 0.6) is 11.5 Å². The second-order valence-electron chi connectivity index (χ2n) is 6.14. The second-order valence-corrected chi connectivity index (χ2v) is 6.99. The van der Waals surface area contributed by atoms with Gasteiger partial charge in [0, 0.05) is 25.0 Å². The van der Waals surface area contributed by atoms with E-state index in [0.717, 1.165) is 47.4 Å². The third-order valence-electron chi connectivity index (χ3n) is 4.07. The van der Waals surface area contributed by atoms with Gasteiger partial charge in [-0.25, -0.2) is 4.98 Å². The van der Waals surface area contributed by atoms with Gasteiger partial charge in [0.15, 0.2) is 11.5 Å². The molecule has 1 fully saturated rings. The minimum atomic E-state index is 0.269. The van der Waals surface area contributed by atoms with E-state index in [1.165, 1.54) is 0 Å². The number of benzene rings is 1. The normalized spacial score (nSPS) is 21.7. The van der Waals surface area contributed by atoms with Gasteiger partial charge >= 0.3 is 0 Å². The topological polar surface area (TPSA) is 43.8 Å². The molecule has 6 heteroatoms. The Kier molecular flexibility index (Phi) is 5.38. The Balaban J connectivity index is 1.79. The number of nitrogens with zero attached hydrogens (tertiary/aromatic N) is 2. The van der Waals surface area contributed by atoms with Crippen molar-refractivity contribution in [3.8, 4) is 22.1 Å². The highest BCUT2D eigenvalue weighted by Crippen LogP contribution is 2.39. The molecule has 0 amide bonds. The highest BCUT2D eigenvalue weighted by molar-refractivity contribution is 7.13. The highest BCUT2D eigenvalue weighted by Gasteiger charge is 2.23. The number of ether oxygens (including phenoxy) is 3. The summed E-state index contributed by atoms with van der Waals surface area (Å²) < 4.78 is 16.7. The number of aromatic nitrogens is 1. The molecule has 0 radical (unpaired) electrons. The summed E-state index contributed by atoms with van der Waals surface area (Å²) in [6, 6.07) is 5.87. The SMILES string of the molecule is COc1cccc(-c2nc(CN3CC(C)OC(C)C3)cs2)c1OC. The molecule has 1 aliphatic heterocycles. The molecule has 2 unspecified atom stereocenters. The first kappa shape index (κ1) is 17.2. The number of thiazole rings is 1. The summed E-state index contributed by atoms with van der Waals surface area (Å²) in [6.45, 7) is 6.98. The van der Waals surface area contributed by atoms with E-state index >= 15 is 0 Å². The van der Waals surface area contributed by atoms with Crippen LogP contribution in [0, 0.1) is 0 Å². The molecule has 0 saturated carbocycles. The molecule has 24 heavy (non-hydrogen) atoms. The summed E-state index contributed by atoms with van der Waals surface area (Å²) in [4.78, 5) is 7.21. The van der Waals surface area contributed by atoms with Crippen LogP contribution in [0.4, 0.5) is 0 Å². The Bertz CT molecular complexity index is 679. The second kappa shape index (κ2) is 7.51. The number of morpholine rings is 1. The summed E-state index contributed by atoms with van der Waals surface area (Å²) in [5.74, 6) is 1.46. The van der Waals surface area contributed by atoms with Gasteiger partial charge in [0.2, 0.25) is 0 Å². The van der Waals surface area contributed by atoms with Crippen LogP contribution in [0.2, 0.25) is 0 Å². The summed E-state index contributed by atoms with van der Waals surface area (Å²) in [7, 11) is 3.31. The molecule has 1 aliphatic rings. The Morgan fingerprint density at radius 1 is 1.21 bits per heavy atom. The maximum Gasteiger partial charge on any atom is 0.170 e. The van der Waals surface area contributed by atoms with Crippen molar-refractivity contribution in [3.05, 3.63) is 29.3 Å². The van der Waals surface area contributed by atoms with Crippen molar-refractivity contribution in [1.29, 1.82) is 0 Å². The van der Waals surface area contributed by atoms with Gasteiger partial charge in [-0.05, 0) is 26.0 Å². The van der Waals surface area contributed by atoms with E-state index in [2.05, 4.69) is 24.1 Å². The van der Waals surface area contributed by atoms with E-state index in [1.807, 2.05) is 18.2 Å². The Morgan fingerprint density at radius 2 is 1.96 bits per heavy atom. The first-order valence-electron chi connectivity index (χ1n) is 8.14. The van der Waals surface area contributed by atoms with Crippen molar-refractivity contribution in [1.82, 2.24) is 9.88 Å². The van der Waals surface area contributed by atoms with Gasteiger partial charge in [-0.15, -0.1) is 11.3 Å². The van der Waals surface area contributed by atoms with Crippen LogP contribution in [-0.2, 0) is 11.3 Å². The van der Waals surface area contributed by atoms with E-state index in [9.17, 15) is 0 Å². The van der Waals surface area contributed by atoms with Crippen LogP contribution in [0.15, 0.2) is 23.6 Å². The fourth-order valence-electron chi connectivity index (χ4n) is 3.20. The van der Waals surface area contributed by atoms with E-state index in [-0.39, 0.29) is 12.2 Å². The standard InChI is InChI=1S/C18H24N2O3S/c1-12-8-20(9-13(2)23-12)10-14-11-24-18(19-14)15-6-5-7-16(21-3)17(15)22-4/h5-7,11-13H,8-10H2,1-4H3. The maximum atomic E-state index is 5.79. The minimum absolute atomic E-state index is 0.269. The fourth-order valence-corrected chi connectivity index (χ4v) is 4.03. The van der Waals surface area contributed by atoms with Crippen molar-refractivity contribution in [2.24, 2.45) is 0 Å². The quantitative estimate of drug-likeness (QED) is 0.828. The smallest absolute Gasteiger partial charge is 0.170 e. The van der Waals surface area contributed by atoms with Gasteiger partial charge in [0.25, 0.3) is 0 Å². The van der Waals surface area contributed by atoms with Gasteiger partial charge in [0.1, 0.15) is 5.01 Å². The van der Waals surface area contributed by atoms with Gasteiger partial charge in [-0.2, -0.15) is 0 Å².